The quantitative estimate of drug-likeness (QED) is 0.568. The predicted octanol–water partition coefficient (Wildman–Crippen LogP) is 2.01. The van der Waals surface area contributed by atoms with E-state index in [0.717, 1.165) is 0 Å². The van der Waals surface area contributed by atoms with Gasteiger partial charge < -0.3 is 4.74 Å². The number of hydrogen-bond donors (Lipinski definition) is 1. The zero-order chi connectivity index (χ0) is 14.4. The van der Waals surface area contributed by atoms with Crippen molar-refractivity contribution in [3.05, 3.63) is 0 Å². The fourth-order valence-corrected chi connectivity index (χ4v) is 3.09. The summed E-state index contributed by atoms with van der Waals surface area (Å²) in [5, 5.41) is 0. The lowest BCUT2D eigenvalue weighted by Crippen LogP contribution is -2.46. The number of alkyl halides is 3. The number of carbonyl (C=O) groups is 1. The van der Waals surface area contributed by atoms with E-state index in [1.165, 1.54) is 0 Å². The number of halogens is 3. The predicted molar refractivity (Wildman–Crippen MR) is 72.5 cm³/mol. The second-order valence-electron chi connectivity index (χ2n) is 3.54. The van der Waals surface area contributed by atoms with E-state index in [1.807, 2.05) is 0 Å². The first-order chi connectivity index (χ1) is 8.12. The summed E-state index contributed by atoms with van der Waals surface area (Å²) in [5.41, 5.74) is 0. The first-order valence-corrected chi connectivity index (χ1v) is 8.13. The van der Waals surface area contributed by atoms with Crippen LogP contribution in [0, 0.1) is 0 Å². The van der Waals surface area contributed by atoms with Gasteiger partial charge in [-0.3, -0.25) is 4.79 Å². The third-order valence-corrected chi connectivity index (χ3v) is 4.25. The van der Waals surface area contributed by atoms with Crippen molar-refractivity contribution in [1.29, 1.82) is 0 Å². The van der Waals surface area contributed by atoms with Crippen LogP contribution in [0.2, 0.25) is 0 Å². The second kappa shape index (κ2) is 7.75. The van der Waals surface area contributed by atoms with Crippen molar-refractivity contribution in [2.45, 2.75) is 36.5 Å². The largest absolute Gasteiger partial charge is 0.466 e. The minimum Gasteiger partial charge on any atom is -0.466 e. The Kier molecular flexibility index (Phi) is 7.85. The molecule has 0 amide bonds. The van der Waals surface area contributed by atoms with Gasteiger partial charge in [0.1, 0.15) is 0 Å². The number of nitrogens with one attached hydrogen (secondary N) is 1. The molecule has 0 radical (unpaired) electrons. The average molecular weight is 341 g/mol. The molecule has 0 aliphatic heterocycles. The molecular formula is C9H16Cl3NO4S. The zero-order valence-corrected chi connectivity index (χ0v) is 13.2. The van der Waals surface area contributed by atoms with Crippen molar-refractivity contribution in [2.75, 3.05) is 12.4 Å². The third-order valence-electron chi connectivity index (χ3n) is 1.87. The Labute approximate surface area is 122 Å². The van der Waals surface area contributed by atoms with Crippen LogP contribution >= 0.6 is 34.8 Å². The Hall–Kier alpha value is 0.250. The number of esters is 1. The van der Waals surface area contributed by atoms with Crippen LogP contribution in [-0.4, -0.2) is 36.6 Å². The highest BCUT2D eigenvalue weighted by Gasteiger charge is 2.37. The molecule has 1 N–H and O–H groups in total. The van der Waals surface area contributed by atoms with Crippen LogP contribution in [0.3, 0.4) is 0 Å². The SMILES string of the molecule is CCCS(=O)(=O)NC(CC(=O)OCC)C(Cl)(Cl)Cl. The molecule has 0 aliphatic carbocycles. The van der Waals surface area contributed by atoms with Crippen molar-refractivity contribution in [1.82, 2.24) is 4.72 Å². The smallest absolute Gasteiger partial charge is 0.307 e. The lowest BCUT2D eigenvalue weighted by atomic mass is 10.2. The highest BCUT2D eigenvalue weighted by Crippen LogP contribution is 2.32. The van der Waals surface area contributed by atoms with Crippen LogP contribution < -0.4 is 4.72 Å². The standard InChI is InChI=1S/C9H16Cl3NO4S/c1-3-5-18(15,16)13-7(9(10,11)12)6-8(14)17-4-2/h7,13H,3-6H2,1-2H3. The van der Waals surface area contributed by atoms with E-state index in [9.17, 15) is 13.2 Å². The number of carbonyl (C=O) groups excluding carboxylic acids is 1. The van der Waals surface area contributed by atoms with Crippen LogP contribution in [-0.2, 0) is 19.6 Å². The molecule has 0 aromatic rings. The summed E-state index contributed by atoms with van der Waals surface area (Å²) < 4.78 is 28.1. The molecule has 0 heterocycles. The lowest BCUT2D eigenvalue weighted by molar-refractivity contribution is -0.143. The molecule has 1 atom stereocenters. The molecule has 5 nitrogen and oxygen atoms in total. The van der Waals surface area contributed by atoms with Gasteiger partial charge in [0.05, 0.1) is 24.8 Å². The van der Waals surface area contributed by atoms with Gasteiger partial charge >= 0.3 is 5.97 Å². The van der Waals surface area contributed by atoms with Gasteiger partial charge in [-0.05, 0) is 13.3 Å². The molecule has 108 valence electrons. The molecule has 0 bridgehead atoms. The minimum absolute atomic E-state index is 0.104. The summed E-state index contributed by atoms with van der Waals surface area (Å²) in [6, 6.07) is -1.15. The Morgan fingerprint density at radius 2 is 1.89 bits per heavy atom. The van der Waals surface area contributed by atoms with Crippen molar-refractivity contribution in [3.8, 4) is 0 Å². The second-order valence-corrected chi connectivity index (χ2v) is 7.78. The van der Waals surface area contributed by atoms with Crippen molar-refractivity contribution in [2.24, 2.45) is 0 Å². The number of ether oxygens (including phenoxy) is 1. The Balaban J connectivity index is 4.77. The van der Waals surface area contributed by atoms with Gasteiger partial charge in [-0.2, -0.15) is 0 Å². The van der Waals surface area contributed by atoms with Gasteiger partial charge in [0.25, 0.3) is 0 Å². The van der Waals surface area contributed by atoms with Gasteiger partial charge in [-0.25, -0.2) is 13.1 Å². The van der Waals surface area contributed by atoms with E-state index in [1.54, 1.807) is 13.8 Å². The van der Waals surface area contributed by atoms with Crippen molar-refractivity contribution < 1.29 is 17.9 Å². The molecule has 0 fully saturated rings. The molecule has 9 heteroatoms. The normalized spacial score (nSPS) is 14.3. The fourth-order valence-electron chi connectivity index (χ4n) is 1.16. The summed E-state index contributed by atoms with van der Waals surface area (Å²) in [5.74, 6) is -0.736. The molecule has 0 saturated heterocycles. The van der Waals surface area contributed by atoms with E-state index in [4.69, 9.17) is 39.5 Å². The highest BCUT2D eigenvalue weighted by atomic mass is 35.6. The Bertz CT molecular complexity index is 366. The first-order valence-electron chi connectivity index (χ1n) is 5.34. The van der Waals surface area contributed by atoms with Gasteiger partial charge in [0, 0.05) is 0 Å². The molecular weight excluding hydrogens is 325 g/mol. The third kappa shape index (κ3) is 7.63. The van der Waals surface area contributed by atoms with Gasteiger partial charge in [-0.15, -0.1) is 0 Å². The van der Waals surface area contributed by atoms with Crippen molar-refractivity contribution in [3.63, 3.8) is 0 Å². The van der Waals surface area contributed by atoms with Crippen LogP contribution in [0.1, 0.15) is 26.7 Å². The van der Waals surface area contributed by atoms with Gasteiger partial charge in [0.15, 0.2) is 0 Å². The van der Waals surface area contributed by atoms with E-state index in [2.05, 4.69) is 4.72 Å². The Morgan fingerprint density at radius 1 is 1.33 bits per heavy atom. The molecule has 0 rings (SSSR count). The summed E-state index contributed by atoms with van der Waals surface area (Å²) in [4.78, 5) is 11.3. The number of sulfonamides is 1. The number of rotatable bonds is 7. The molecule has 0 aromatic heterocycles. The summed E-state index contributed by atoms with van der Waals surface area (Å²) in [6.45, 7) is 3.51. The molecule has 0 aliphatic rings. The van der Waals surface area contributed by atoms with E-state index >= 15 is 0 Å². The molecule has 1 unspecified atom stereocenters. The van der Waals surface area contributed by atoms with Crippen LogP contribution in [0.15, 0.2) is 0 Å². The maximum absolute atomic E-state index is 11.6. The van der Waals surface area contributed by atoms with Crippen LogP contribution in [0.25, 0.3) is 0 Å². The lowest BCUT2D eigenvalue weighted by Gasteiger charge is -2.24. The van der Waals surface area contributed by atoms with Crippen molar-refractivity contribution >= 4 is 50.8 Å². The summed E-state index contributed by atoms with van der Waals surface area (Å²) in [6.07, 6.45) is 0.0780. The maximum atomic E-state index is 11.6. The van der Waals surface area contributed by atoms with Gasteiger partial charge in [0.2, 0.25) is 13.8 Å². The molecule has 0 aromatic carbocycles. The molecule has 18 heavy (non-hydrogen) atoms. The van der Waals surface area contributed by atoms with Crippen LogP contribution in [0.4, 0.5) is 0 Å². The van der Waals surface area contributed by atoms with Gasteiger partial charge in [-0.1, -0.05) is 41.7 Å². The molecule has 0 saturated carbocycles. The van der Waals surface area contributed by atoms with E-state index in [0.29, 0.717) is 6.42 Å². The fraction of sp³-hybridized carbons (Fsp3) is 0.889. The average Bonchev–Trinajstić information content (AvgIpc) is 2.14. The molecule has 0 spiro atoms. The number of hydrogen-bond acceptors (Lipinski definition) is 4. The zero-order valence-electron chi connectivity index (χ0n) is 10.1. The van der Waals surface area contributed by atoms with Crippen LogP contribution in [0.5, 0.6) is 0 Å². The Morgan fingerprint density at radius 3 is 2.28 bits per heavy atom. The summed E-state index contributed by atoms with van der Waals surface area (Å²) >= 11 is 16.9. The monoisotopic (exact) mass is 339 g/mol. The highest BCUT2D eigenvalue weighted by molar-refractivity contribution is 7.89. The van der Waals surface area contributed by atoms with E-state index < -0.39 is 25.8 Å². The first kappa shape index (κ1) is 18.2. The minimum atomic E-state index is -3.59. The maximum Gasteiger partial charge on any atom is 0.307 e. The summed E-state index contributed by atoms with van der Waals surface area (Å²) in [7, 11) is -3.59. The van der Waals surface area contributed by atoms with E-state index in [-0.39, 0.29) is 18.8 Å². The topological polar surface area (TPSA) is 72.5 Å².